The molecule has 2 aliphatic heterocycles. The van der Waals surface area contributed by atoms with Gasteiger partial charge in [0.2, 0.25) is 23.6 Å². The Bertz CT molecular complexity index is 1700. The number of esters is 1. The number of carbonyl (C=O) groups excluding carboxylic acids is 5. The van der Waals surface area contributed by atoms with Crippen molar-refractivity contribution in [2.24, 2.45) is 35.5 Å². The highest BCUT2D eigenvalue weighted by atomic mass is 16.5. The molecule has 8 nitrogen and oxygen atoms in total. The van der Waals surface area contributed by atoms with Crippen LogP contribution in [0.1, 0.15) is 22.3 Å². The highest BCUT2D eigenvalue weighted by Crippen LogP contribution is 2.61. The fourth-order valence-electron chi connectivity index (χ4n) is 7.80. The van der Waals surface area contributed by atoms with Crippen LogP contribution in [0.3, 0.4) is 0 Å². The van der Waals surface area contributed by atoms with Crippen molar-refractivity contribution in [2.45, 2.75) is 27.7 Å². The topological polar surface area (TPSA) is 101 Å². The molecule has 3 aromatic carbocycles. The van der Waals surface area contributed by atoms with Gasteiger partial charge in [0.15, 0.2) is 0 Å². The first-order valence-corrected chi connectivity index (χ1v) is 14.5. The van der Waals surface area contributed by atoms with E-state index in [1.54, 1.807) is 48.5 Å². The average Bonchev–Trinajstić information content (AvgIpc) is 3.40. The van der Waals surface area contributed by atoms with Gasteiger partial charge >= 0.3 is 5.97 Å². The van der Waals surface area contributed by atoms with Crippen LogP contribution in [-0.4, -0.2) is 29.6 Å². The summed E-state index contributed by atoms with van der Waals surface area (Å²) < 4.78 is 5.69. The van der Waals surface area contributed by atoms with Gasteiger partial charge in [-0.3, -0.25) is 19.2 Å². The van der Waals surface area contributed by atoms with Gasteiger partial charge in [0, 0.05) is 17.4 Å². The Morgan fingerprint density at radius 2 is 1.07 bits per heavy atom. The van der Waals surface area contributed by atoms with Crippen LogP contribution in [0, 0.1) is 63.2 Å². The molecular formula is C35H30N2O6. The van der Waals surface area contributed by atoms with E-state index in [9.17, 15) is 24.0 Å². The Morgan fingerprint density at radius 3 is 1.53 bits per heavy atom. The number of hydrogen-bond donors (Lipinski definition) is 0. The van der Waals surface area contributed by atoms with Crippen LogP contribution in [0.4, 0.5) is 11.4 Å². The minimum atomic E-state index is -0.990. The number of ether oxygens (including phenoxy) is 1. The molecular weight excluding hydrogens is 544 g/mol. The second-order valence-corrected chi connectivity index (χ2v) is 12.1. The van der Waals surface area contributed by atoms with E-state index in [0.29, 0.717) is 17.1 Å². The van der Waals surface area contributed by atoms with Crippen LogP contribution < -0.4 is 14.5 Å². The Hall–Kier alpha value is -4.85. The summed E-state index contributed by atoms with van der Waals surface area (Å²) in [5.41, 5.74) is 4.62. The maximum Gasteiger partial charge on any atom is 0.339 e. The smallest absolute Gasteiger partial charge is 0.339 e. The number of para-hydroxylation sites is 1. The van der Waals surface area contributed by atoms with Gasteiger partial charge in [-0.05, 0) is 63.1 Å². The van der Waals surface area contributed by atoms with E-state index >= 15 is 0 Å². The molecule has 2 heterocycles. The van der Waals surface area contributed by atoms with Crippen LogP contribution in [0.15, 0.2) is 78.4 Å². The molecule has 5 aliphatic rings. The van der Waals surface area contributed by atoms with Crippen molar-refractivity contribution in [3.63, 3.8) is 0 Å². The number of benzene rings is 3. The quantitative estimate of drug-likeness (QED) is 0.256. The number of carbonyl (C=O) groups is 5. The van der Waals surface area contributed by atoms with E-state index in [2.05, 4.69) is 0 Å². The zero-order valence-electron chi connectivity index (χ0n) is 24.2. The molecule has 3 fully saturated rings. The fraction of sp³-hybridized carbons (Fsp3) is 0.286. The second kappa shape index (κ2) is 9.59. The van der Waals surface area contributed by atoms with Crippen molar-refractivity contribution < 1.29 is 28.7 Å². The monoisotopic (exact) mass is 574 g/mol. The van der Waals surface area contributed by atoms with E-state index in [1.165, 1.54) is 9.80 Å². The first kappa shape index (κ1) is 27.0. The molecule has 1 saturated carbocycles. The van der Waals surface area contributed by atoms with Crippen molar-refractivity contribution in [1.82, 2.24) is 0 Å². The molecule has 4 amide bonds. The molecule has 3 aromatic rings. The Labute approximate surface area is 248 Å². The summed E-state index contributed by atoms with van der Waals surface area (Å²) in [5.74, 6) is -7.61. The van der Waals surface area contributed by atoms with Gasteiger partial charge in [-0.2, -0.15) is 0 Å². The molecule has 43 heavy (non-hydrogen) atoms. The maximum absolute atomic E-state index is 14.2. The van der Waals surface area contributed by atoms with Gasteiger partial charge in [0.05, 0.1) is 35.0 Å². The summed E-state index contributed by atoms with van der Waals surface area (Å²) in [7, 11) is 0. The van der Waals surface area contributed by atoms with E-state index in [0.717, 1.165) is 22.3 Å². The predicted octanol–water partition coefficient (Wildman–Crippen LogP) is 4.62. The van der Waals surface area contributed by atoms with Gasteiger partial charge in [-0.25, -0.2) is 14.6 Å². The molecule has 216 valence electrons. The molecule has 2 saturated heterocycles. The van der Waals surface area contributed by atoms with Crippen LogP contribution in [-0.2, 0) is 24.0 Å². The van der Waals surface area contributed by atoms with Gasteiger partial charge in [0.25, 0.3) is 0 Å². The predicted molar refractivity (Wildman–Crippen MR) is 158 cm³/mol. The lowest BCUT2D eigenvalue weighted by Gasteiger charge is -2.46. The largest absolute Gasteiger partial charge is 0.423 e. The lowest BCUT2D eigenvalue weighted by Crippen LogP contribution is -2.53. The normalized spacial score (nSPS) is 27.4. The van der Waals surface area contributed by atoms with Crippen molar-refractivity contribution in [3.05, 3.63) is 101 Å². The number of anilines is 2. The third-order valence-corrected chi connectivity index (χ3v) is 9.51. The summed E-state index contributed by atoms with van der Waals surface area (Å²) in [5, 5.41) is 0. The minimum absolute atomic E-state index is 0.170. The maximum atomic E-state index is 14.2. The molecule has 3 aliphatic carbocycles. The summed E-state index contributed by atoms with van der Waals surface area (Å²) in [6.07, 6.45) is 1.63. The number of nitrogens with zero attached hydrogens (tertiary/aromatic N) is 2. The van der Waals surface area contributed by atoms with Crippen LogP contribution in [0.2, 0.25) is 0 Å². The molecule has 0 radical (unpaired) electrons. The van der Waals surface area contributed by atoms with Crippen LogP contribution >= 0.6 is 0 Å². The van der Waals surface area contributed by atoms with Gasteiger partial charge < -0.3 is 4.74 Å². The molecule has 8 rings (SSSR count). The van der Waals surface area contributed by atoms with Crippen molar-refractivity contribution in [1.29, 1.82) is 0 Å². The lowest BCUT2D eigenvalue weighted by atomic mass is 9.52. The molecule has 2 bridgehead atoms. The molecule has 0 spiro atoms. The highest BCUT2D eigenvalue weighted by Gasteiger charge is 2.71. The highest BCUT2D eigenvalue weighted by molar-refractivity contribution is 6.27. The van der Waals surface area contributed by atoms with Gasteiger partial charge in [-0.1, -0.05) is 59.7 Å². The van der Waals surface area contributed by atoms with Crippen molar-refractivity contribution >= 4 is 41.0 Å². The number of allylic oxidation sites excluding steroid dienone is 1. The van der Waals surface area contributed by atoms with Crippen molar-refractivity contribution in [2.75, 3.05) is 9.80 Å². The SMILES string of the molecule is Cc1ccc(N2C(=O)C3C4C=C(C(=O)Oc5ccccc5)C(C3C2=O)C2C(=O)N(c3ccc(C)cc3C)C(=O)C42)c(C)c1. The fourth-order valence-corrected chi connectivity index (χ4v) is 7.80. The number of aryl methyl sites for hydroxylation is 4. The van der Waals surface area contributed by atoms with Crippen molar-refractivity contribution in [3.8, 4) is 5.75 Å². The third kappa shape index (κ3) is 3.85. The number of amides is 4. The lowest BCUT2D eigenvalue weighted by molar-refractivity contribution is -0.142. The second-order valence-electron chi connectivity index (χ2n) is 12.1. The number of hydrogen-bond acceptors (Lipinski definition) is 6. The van der Waals surface area contributed by atoms with E-state index in [-0.39, 0.29) is 5.57 Å². The summed E-state index contributed by atoms with van der Waals surface area (Å²) in [6, 6.07) is 19.5. The molecule has 4 atom stereocenters. The summed E-state index contributed by atoms with van der Waals surface area (Å²) in [6.45, 7) is 7.53. The first-order chi connectivity index (χ1) is 20.6. The number of imide groups is 2. The Balaban J connectivity index is 1.34. The summed E-state index contributed by atoms with van der Waals surface area (Å²) >= 11 is 0. The zero-order chi connectivity index (χ0) is 30.3. The van der Waals surface area contributed by atoms with Gasteiger partial charge in [-0.15, -0.1) is 0 Å². The Morgan fingerprint density at radius 1 is 0.605 bits per heavy atom. The van der Waals surface area contributed by atoms with E-state index in [4.69, 9.17) is 4.74 Å². The number of rotatable bonds is 4. The summed E-state index contributed by atoms with van der Waals surface area (Å²) in [4.78, 5) is 72.8. The van der Waals surface area contributed by atoms with E-state index < -0.39 is 65.1 Å². The molecule has 0 N–H and O–H groups in total. The van der Waals surface area contributed by atoms with E-state index in [1.807, 2.05) is 52.0 Å². The standard InChI is InChI=1S/C35H30N2O6/c1-17-10-12-24(19(3)14-17)36-31(38)27-22-16-23(35(42)43-21-8-6-5-7-9-21)26(29(27)33(36)40)30-28(22)32(39)37(34(30)41)25-13-11-18(2)15-20(25)4/h5-16,22,26-30H,1-4H3. The molecule has 8 heteroatoms. The third-order valence-electron chi connectivity index (χ3n) is 9.51. The van der Waals surface area contributed by atoms with Gasteiger partial charge in [0.1, 0.15) is 5.75 Å². The molecule has 4 unspecified atom stereocenters. The van der Waals surface area contributed by atoms with Crippen LogP contribution in [0.25, 0.3) is 0 Å². The Kier molecular flexibility index (Phi) is 6.02. The average molecular weight is 575 g/mol. The minimum Gasteiger partial charge on any atom is -0.423 e. The zero-order valence-corrected chi connectivity index (χ0v) is 24.2. The first-order valence-electron chi connectivity index (χ1n) is 14.5. The van der Waals surface area contributed by atoms with Crippen LogP contribution in [0.5, 0.6) is 5.75 Å². The molecule has 0 aromatic heterocycles.